The zero-order valence-electron chi connectivity index (χ0n) is 15.7. The van der Waals surface area contributed by atoms with Gasteiger partial charge in [0.25, 0.3) is 5.78 Å². The third kappa shape index (κ3) is 5.91. The number of hydrogen-bond donors (Lipinski definition) is 0. The first-order valence-corrected chi connectivity index (χ1v) is 8.74. The molecule has 5 nitrogen and oxygen atoms in total. The SMILES string of the molecule is CC(OC(=O)C(=O)c1ccccc1)C(C)C(OC(=O)c1ccccc1)C(F)(F)F. The number of benzene rings is 2. The van der Waals surface area contributed by atoms with Gasteiger partial charge in [-0.2, -0.15) is 13.2 Å². The minimum absolute atomic E-state index is 0.0437. The maximum atomic E-state index is 13.5. The summed E-state index contributed by atoms with van der Waals surface area (Å²) in [5.74, 6) is -4.87. The van der Waals surface area contributed by atoms with Crippen molar-refractivity contribution in [2.24, 2.45) is 5.92 Å². The van der Waals surface area contributed by atoms with Gasteiger partial charge in [-0.3, -0.25) is 4.79 Å². The Morgan fingerprint density at radius 2 is 1.28 bits per heavy atom. The Morgan fingerprint density at radius 1 is 0.793 bits per heavy atom. The molecule has 2 aromatic rings. The fourth-order valence-corrected chi connectivity index (χ4v) is 2.51. The maximum absolute atomic E-state index is 13.5. The van der Waals surface area contributed by atoms with E-state index in [-0.39, 0.29) is 11.1 Å². The Morgan fingerprint density at radius 3 is 1.76 bits per heavy atom. The highest BCUT2D eigenvalue weighted by molar-refractivity contribution is 6.40. The van der Waals surface area contributed by atoms with Crippen molar-refractivity contribution in [2.45, 2.75) is 32.2 Å². The maximum Gasteiger partial charge on any atom is 0.425 e. The highest BCUT2D eigenvalue weighted by Gasteiger charge is 2.48. The van der Waals surface area contributed by atoms with E-state index in [0.29, 0.717) is 0 Å². The topological polar surface area (TPSA) is 69.7 Å². The fourth-order valence-electron chi connectivity index (χ4n) is 2.51. The molecule has 0 heterocycles. The second-order valence-corrected chi connectivity index (χ2v) is 6.40. The summed E-state index contributed by atoms with van der Waals surface area (Å²) in [6.07, 6.45) is -8.76. The van der Waals surface area contributed by atoms with Gasteiger partial charge in [-0.15, -0.1) is 0 Å². The lowest BCUT2D eigenvalue weighted by molar-refractivity contribution is -0.227. The highest BCUT2D eigenvalue weighted by atomic mass is 19.4. The molecule has 2 aromatic carbocycles. The van der Waals surface area contributed by atoms with Crippen LogP contribution in [0.15, 0.2) is 60.7 Å². The number of ketones is 1. The van der Waals surface area contributed by atoms with Gasteiger partial charge in [-0.25, -0.2) is 9.59 Å². The van der Waals surface area contributed by atoms with Crippen LogP contribution in [0, 0.1) is 5.92 Å². The first-order valence-electron chi connectivity index (χ1n) is 8.74. The molecule has 0 aliphatic carbocycles. The van der Waals surface area contributed by atoms with E-state index in [1.807, 2.05) is 0 Å². The van der Waals surface area contributed by atoms with Gasteiger partial charge in [-0.05, 0) is 19.1 Å². The Hall–Kier alpha value is -3.16. The predicted molar refractivity (Wildman–Crippen MR) is 97.2 cm³/mol. The molecule has 0 amide bonds. The lowest BCUT2D eigenvalue weighted by Crippen LogP contribution is -2.44. The van der Waals surface area contributed by atoms with Gasteiger partial charge in [0.15, 0.2) is 0 Å². The molecule has 3 atom stereocenters. The van der Waals surface area contributed by atoms with Crippen molar-refractivity contribution in [3.63, 3.8) is 0 Å². The molecule has 2 rings (SSSR count). The minimum Gasteiger partial charge on any atom is -0.456 e. The van der Waals surface area contributed by atoms with Crippen molar-refractivity contribution < 1.29 is 37.0 Å². The largest absolute Gasteiger partial charge is 0.456 e. The van der Waals surface area contributed by atoms with Gasteiger partial charge in [-0.1, -0.05) is 55.5 Å². The number of rotatable bonds is 7. The lowest BCUT2D eigenvalue weighted by atomic mass is 9.98. The molecule has 0 aliphatic heterocycles. The molecule has 29 heavy (non-hydrogen) atoms. The monoisotopic (exact) mass is 408 g/mol. The Bertz CT molecular complexity index is 850. The molecular weight excluding hydrogens is 389 g/mol. The second-order valence-electron chi connectivity index (χ2n) is 6.40. The van der Waals surface area contributed by atoms with Crippen LogP contribution in [0.5, 0.6) is 0 Å². The van der Waals surface area contributed by atoms with E-state index in [1.54, 1.807) is 12.1 Å². The predicted octanol–water partition coefficient (Wildman–Crippen LogP) is 4.23. The molecule has 0 fully saturated rings. The smallest absolute Gasteiger partial charge is 0.425 e. The van der Waals surface area contributed by atoms with Crippen LogP contribution in [0.25, 0.3) is 0 Å². The van der Waals surface area contributed by atoms with E-state index >= 15 is 0 Å². The normalized spacial score (nSPS) is 14.4. The summed E-state index contributed by atoms with van der Waals surface area (Å²) in [4.78, 5) is 36.1. The molecule has 0 bridgehead atoms. The molecular formula is C21H19F3O5. The van der Waals surface area contributed by atoms with Crippen LogP contribution in [-0.4, -0.2) is 36.1 Å². The summed E-state index contributed by atoms with van der Waals surface area (Å²) in [6.45, 7) is 2.33. The summed E-state index contributed by atoms with van der Waals surface area (Å²) >= 11 is 0. The second kappa shape index (κ2) is 9.36. The van der Waals surface area contributed by atoms with Gasteiger partial charge in [0.1, 0.15) is 6.10 Å². The summed E-state index contributed by atoms with van der Waals surface area (Å²) in [5, 5.41) is 0. The van der Waals surface area contributed by atoms with Crippen LogP contribution in [0.3, 0.4) is 0 Å². The van der Waals surface area contributed by atoms with Gasteiger partial charge in [0.05, 0.1) is 5.56 Å². The van der Waals surface area contributed by atoms with Crippen molar-refractivity contribution in [3.8, 4) is 0 Å². The third-order valence-corrected chi connectivity index (χ3v) is 4.30. The molecule has 154 valence electrons. The number of esters is 2. The zero-order valence-corrected chi connectivity index (χ0v) is 15.7. The molecule has 3 unspecified atom stereocenters. The molecule has 0 saturated heterocycles. The zero-order chi connectivity index (χ0) is 21.6. The van der Waals surface area contributed by atoms with E-state index in [1.165, 1.54) is 55.5 Å². The molecule has 0 aliphatic rings. The van der Waals surface area contributed by atoms with Crippen molar-refractivity contribution in [1.29, 1.82) is 0 Å². The summed E-state index contributed by atoms with van der Waals surface area (Å²) in [6, 6.07) is 14.7. The lowest BCUT2D eigenvalue weighted by Gasteiger charge is -2.29. The van der Waals surface area contributed by atoms with Gasteiger partial charge in [0.2, 0.25) is 6.10 Å². The van der Waals surface area contributed by atoms with E-state index in [2.05, 4.69) is 4.74 Å². The number of hydrogen-bond acceptors (Lipinski definition) is 5. The number of ether oxygens (including phenoxy) is 2. The number of halogens is 3. The average molecular weight is 408 g/mol. The van der Waals surface area contributed by atoms with E-state index < -0.39 is 42.0 Å². The van der Waals surface area contributed by atoms with E-state index in [9.17, 15) is 27.6 Å². The van der Waals surface area contributed by atoms with Gasteiger partial charge in [0, 0.05) is 11.5 Å². The molecule has 0 aromatic heterocycles. The van der Waals surface area contributed by atoms with Gasteiger partial charge >= 0.3 is 18.1 Å². The first-order chi connectivity index (χ1) is 13.6. The molecule has 0 radical (unpaired) electrons. The molecule has 8 heteroatoms. The Kier molecular flexibility index (Phi) is 7.14. The fraction of sp³-hybridized carbons (Fsp3) is 0.286. The van der Waals surface area contributed by atoms with Crippen LogP contribution in [-0.2, 0) is 14.3 Å². The number of carbonyl (C=O) groups is 3. The Labute approximate surface area is 165 Å². The first kappa shape index (κ1) is 22.1. The van der Waals surface area contributed by atoms with Crippen LogP contribution in [0.4, 0.5) is 13.2 Å². The van der Waals surface area contributed by atoms with E-state index in [0.717, 1.165) is 6.92 Å². The number of carbonyl (C=O) groups excluding carboxylic acids is 3. The van der Waals surface area contributed by atoms with E-state index in [4.69, 9.17) is 4.74 Å². The van der Waals surface area contributed by atoms with Crippen molar-refractivity contribution in [3.05, 3.63) is 71.8 Å². The number of Topliss-reactive ketones (excluding diaryl/α,β-unsaturated/α-hetero) is 1. The average Bonchev–Trinajstić information content (AvgIpc) is 2.71. The van der Waals surface area contributed by atoms with Crippen LogP contribution in [0.1, 0.15) is 34.6 Å². The minimum atomic E-state index is -4.89. The number of alkyl halides is 3. The van der Waals surface area contributed by atoms with Crippen LogP contribution in [0.2, 0.25) is 0 Å². The van der Waals surface area contributed by atoms with Crippen molar-refractivity contribution in [1.82, 2.24) is 0 Å². The van der Waals surface area contributed by atoms with Gasteiger partial charge < -0.3 is 9.47 Å². The van der Waals surface area contributed by atoms with Crippen LogP contribution < -0.4 is 0 Å². The quantitative estimate of drug-likeness (QED) is 0.390. The summed E-state index contributed by atoms with van der Waals surface area (Å²) in [5.41, 5.74) is 0.0121. The summed E-state index contributed by atoms with van der Waals surface area (Å²) < 4.78 is 50.0. The highest BCUT2D eigenvalue weighted by Crippen LogP contribution is 2.32. The Balaban J connectivity index is 2.10. The molecule has 0 spiro atoms. The standard InChI is InChI=1S/C21H19F3O5/c1-13(14(2)28-20(27)17(25)15-9-5-3-6-10-15)18(21(22,23)24)29-19(26)16-11-7-4-8-12-16/h3-14,18H,1-2H3. The third-order valence-electron chi connectivity index (χ3n) is 4.30. The molecule has 0 N–H and O–H groups in total. The summed E-state index contributed by atoms with van der Waals surface area (Å²) in [7, 11) is 0. The van der Waals surface area contributed by atoms with Crippen molar-refractivity contribution >= 4 is 17.7 Å². The van der Waals surface area contributed by atoms with Crippen LogP contribution >= 0.6 is 0 Å². The van der Waals surface area contributed by atoms with Crippen molar-refractivity contribution in [2.75, 3.05) is 0 Å². The molecule has 0 saturated carbocycles.